The maximum absolute atomic E-state index is 8.76. The number of ether oxygens (including phenoxy) is 2. The highest BCUT2D eigenvalue weighted by Crippen LogP contribution is 2.37. The highest BCUT2D eigenvalue weighted by Gasteiger charge is 2.11. The summed E-state index contributed by atoms with van der Waals surface area (Å²) in [6.07, 6.45) is 3.42. The molecule has 0 aliphatic heterocycles. The smallest absolute Gasteiger partial charge is 0.292 e. The van der Waals surface area contributed by atoms with Gasteiger partial charge in [-0.3, -0.25) is 0 Å². The minimum atomic E-state index is 0.518. The SMILES string of the molecule is N#COc1ccc(-c2ccccc2-c2cccc(-c3ccccc3-c3ccc(OC#N)cc3)c2)cc1. The molecule has 0 aliphatic rings. The van der Waals surface area contributed by atoms with E-state index in [1.807, 2.05) is 48.5 Å². The van der Waals surface area contributed by atoms with Crippen LogP contribution in [-0.2, 0) is 0 Å². The molecule has 0 atom stereocenters. The average Bonchev–Trinajstić information content (AvgIpc) is 2.94. The van der Waals surface area contributed by atoms with Crippen molar-refractivity contribution in [2.45, 2.75) is 0 Å². The van der Waals surface area contributed by atoms with E-state index in [2.05, 4.69) is 48.5 Å². The van der Waals surface area contributed by atoms with E-state index in [1.165, 1.54) is 0 Å². The molecule has 5 aromatic carbocycles. The van der Waals surface area contributed by atoms with E-state index >= 15 is 0 Å². The summed E-state index contributed by atoms with van der Waals surface area (Å²) in [6.45, 7) is 0. The first-order chi connectivity index (χ1) is 17.8. The van der Waals surface area contributed by atoms with Crippen LogP contribution in [0.5, 0.6) is 11.5 Å². The second-order valence-electron chi connectivity index (χ2n) is 8.11. The molecule has 0 saturated carbocycles. The normalized spacial score (nSPS) is 10.2. The number of benzene rings is 5. The van der Waals surface area contributed by atoms with Gasteiger partial charge in [-0.1, -0.05) is 91.0 Å². The van der Waals surface area contributed by atoms with E-state index in [0.717, 1.165) is 44.5 Å². The maximum Gasteiger partial charge on any atom is 0.292 e. The lowest BCUT2D eigenvalue weighted by atomic mass is 9.90. The lowest BCUT2D eigenvalue weighted by Gasteiger charge is -2.14. The Morgan fingerprint density at radius 1 is 0.389 bits per heavy atom. The Balaban J connectivity index is 1.55. The molecular weight excluding hydrogens is 444 g/mol. The quantitative estimate of drug-likeness (QED) is 0.238. The predicted octanol–water partition coefficient (Wildman–Crippen LogP) is 8.07. The van der Waals surface area contributed by atoms with Crippen molar-refractivity contribution < 1.29 is 9.47 Å². The fourth-order valence-corrected chi connectivity index (χ4v) is 4.34. The minimum Gasteiger partial charge on any atom is -0.388 e. The van der Waals surface area contributed by atoms with Gasteiger partial charge in [0.15, 0.2) is 0 Å². The molecule has 0 aromatic heterocycles. The summed E-state index contributed by atoms with van der Waals surface area (Å²) in [7, 11) is 0. The third-order valence-corrected chi connectivity index (χ3v) is 6.00. The minimum absolute atomic E-state index is 0.518. The number of hydrogen-bond donors (Lipinski definition) is 0. The molecule has 170 valence electrons. The molecule has 0 aliphatic carbocycles. The second-order valence-corrected chi connectivity index (χ2v) is 8.11. The van der Waals surface area contributed by atoms with E-state index in [1.54, 1.807) is 36.8 Å². The topological polar surface area (TPSA) is 66.0 Å². The standard InChI is InChI=1S/C32H20N2O2/c33-21-35-27-16-12-23(13-17-27)29-8-1-3-10-31(29)25-6-5-7-26(20-25)32-11-4-2-9-30(32)24-14-18-28(19-15-24)36-22-34/h1-20H. The molecule has 0 saturated heterocycles. The van der Waals surface area contributed by atoms with Gasteiger partial charge in [-0.15, -0.1) is 10.5 Å². The maximum atomic E-state index is 8.76. The van der Waals surface area contributed by atoms with Crippen LogP contribution in [0.15, 0.2) is 121 Å². The van der Waals surface area contributed by atoms with Gasteiger partial charge in [0.1, 0.15) is 11.5 Å². The average molecular weight is 465 g/mol. The lowest BCUT2D eigenvalue weighted by Crippen LogP contribution is -1.89. The van der Waals surface area contributed by atoms with Crippen LogP contribution in [0, 0.1) is 23.0 Å². The molecule has 0 radical (unpaired) electrons. The second kappa shape index (κ2) is 10.3. The Hall–Kier alpha value is -5.32. The number of rotatable bonds is 6. The summed E-state index contributed by atoms with van der Waals surface area (Å²) >= 11 is 0. The molecule has 0 fully saturated rings. The fraction of sp³-hybridized carbons (Fsp3) is 0. The molecule has 5 aromatic rings. The lowest BCUT2D eigenvalue weighted by molar-refractivity contribution is 0.507. The first-order valence-electron chi connectivity index (χ1n) is 11.4. The summed E-state index contributed by atoms with van der Waals surface area (Å²) in [5, 5.41) is 17.5. The van der Waals surface area contributed by atoms with Gasteiger partial charge in [-0.25, -0.2) is 0 Å². The van der Waals surface area contributed by atoms with Crippen molar-refractivity contribution in [2.75, 3.05) is 0 Å². The van der Waals surface area contributed by atoms with Gasteiger partial charge in [0.05, 0.1) is 0 Å². The molecule has 4 heteroatoms. The van der Waals surface area contributed by atoms with Crippen molar-refractivity contribution in [1.82, 2.24) is 0 Å². The third kappa shape index (κ3) is 4.66. The van der Waals surface area contributed by atoms with Gasteiger partial charge in [0, 0.05) is 0 Å². The van der Waals surface area contributed by atoms with Crippen LogP contribution in [0.4, 0.5) is 0 Å². The van der Waals surface area contributed by atoms with Gasteiger partial charge < -0.3 is 9.47 Å². The molecule has 0 bridgehead atoms. The number of nitriles is 2. The molecule has 0 heterocycles. The van der Waals surface area contributed by atoms with E-state index < -0.39 is 0 Å². The fourth-order valence-electron chi connectivity index (χ4n) is 4.34. The number of hydrogen-bond acceptors (Lipinski definition) is 4. The van der Waals surface area contributed by atoms with Crippen LogP contribution < -0.4 is 9.47 Å². The van der Waals surface area contributed by atoms with Crippen LogP contribution in [0.25, 0.3) is 44.5 Å². The Kier molecular flexibility index (Phi) is 6.43. The Bertz CT molecular complexity index is 1470. The predicted molar refractivity (Wildman–Crippen MR) is 141 cm³/mol. The van der Waals surface area contributed by atoms with Crippen LogP contribution in [0.1, 0.15) is 0 Å². The molecule has 0 spiro atoms. The highest BCUT2D eigenvalue weighted by atomic mass is 16.5. The van der Waals surface area contributed by atoms with Gasteiger partial charge in [-0.2, -0.15) is 0 Å². The van der Waals surface area contributed by atoms with Crippen molar-refractivity contribution in [3.63, 3.8) is 0 Å². The van der Waals surface area contributed by atoms with Crippen molar-refractivity contribution in [3.8, 4) is 68.5 Å². The monoisotopic (exact) mass is 464 g/mol. The zero-order chi connectivity index (χ0) is 24.7. The largest absolute Gasteiger partial charge is 0.388 e. The molecule has 5 rings (SSSR count). The van der Waals surface area contributed by atoms with Gasteiger partial charge in [-0.05, 0) is 74.8 Å². The first kappa shape index (κ1) is 22.5. The van der Waals surface area contributed by atoms with Crippen LogP contribution in [0.3, 0.4) is 0 Å². The van der Waals surface area contributed by atoms with Crippen molar-refractivity contribution >= 4 is 0 Å². The van der Waals surface area contributed by atoms with Gasteiger partial charge >= 0.3 is 0 Å². The molecule has 36 heavy (non-hydrogen) atoms. The Labute approximate surface area is 209 Å². The molecular formula is C32H20N2O2. The van der Waals surface area contributed by atoms with Crippen LogP contribution in [-0.4, -0.2) is 0 Å². The Morgan fingerprint density at radius 3 is 1.11 bits per heavy atom. The van der Waals surface area contributed by atoms with Gasteiger partial charge in [0.25, 0.3) is 12.5 Å². The van der Waals surface area contributed by atoms with E-state index in [4.69, 9.17) is 20.0 Å². The van der Waals surface area contributed by atoms with Crippen molar-refractivity contribution in [3.05, 3.63) is 121 Å². The van der Waals surface area contributed by atoms with Crippen molar-refractivity contribution in [1.29, 1.82) is 10.5 Å². The number of nitrogens with zero attached hydrogens (tertiary/aromatic N) is 2. The summed E-state index contributed by atoms with van der Waals surface area (Å²) in [6, 6.07) is 40.1. The molecule has 0 N–H and O–H groups in total. The van der Waals surface area contributed by atoms with Crippen molar-refractivity contribution in [2.24, 2.45) is 0 Å². The summed E-state index contributed by atoms with van der Waals surface area (Å²) < 4.78 is 9.85. The summed E-state index contributed by atoms with van der Waals surface area (Å²) in [5.41, 5.74) is 8.72. The molecule has 0 unspecified atom stereocenters. The van der Waals surface area contributed by atoms with Gasteiger partial charge in [0.2, 0.25) is 0 Å². The zero-order valence-electron chi connectivity index (χ0n) is 19.3. The highest BCUT2D eigenvalue weighted by molar-refractivity contribution is 5.88. The molecule has 0 amide bonds. The molecule has 4 nitrogen and oxygen atoms in total. The van der Waals surface area contributed by atoms with Crippen LogP contribution in [0.2, 0.25) is 0 Å². The van der Waals surface area contributed by atoms with E-state index in [0.29, 0.717) is 11.5 Å². The first-order valence-corrected chi connectivity index (χ1v) is 11.4. The van der Waals surface area contributed by atoms with Crippen LogP contribution >= 0.6 is 0 Å². The summed E-state index contributed by atoms with van der Waals surface area (Å²) in [4.78, 5) is 0. The van der Waals surface area contributed by atoms with E-state index in [-0.39, 0.29) is 0 Å². The van der Waals surface area contributed by atoms with E-state index in [9.17, 15) is 0 Å². The summed E-state index contributed by atoms with van der Waals surface area (Å²) in [5.74, 6) is 1.04. The Morgan fingerprint density at radius 2 is 0.750 bits per heavy atom. The zero-order valence-corrected chi connectivity index (χ0v) is 19.3. The third-order valence-electron chi connectivity index (χ3n) is 6.00.